The third-order valence-corrected chi connectivity index (χ3v) is 6.69. The number of fused-ring (bicyclic) bond motifs is 1. The van der Waals surface area contributed by atoms with Crippen molar-refractivity contribution < 1.29 is 9.84 Å². The standard InChI is InChI=1S/C28H31N3O3S/c1-4-12-34-17-22(32)15-31(14-21-8-6-5-7-9-21)16-25-29-27(33)26-24(18-35-28(26)30-25)23-13-19(2)10-11-20(23)3/h4-11,13,18,22,32H,1,12,14-17H2,2-3H3,(H,29,30,33). The summed E-state index contributed by atoms with van der Waals surface area (Å²) in [6, 6.07) is 16.3. The summed E-state index contributed by atoms with van der Waals surface area (Å²) in [4.78, 5) is 23.8. The molecule has 0 saturated heterocycles. The molecule has 0 aliphatic carbocycles. The van der Waals surface area contributed by atoms with Gasteiger partial charge in [-0.3, -0.25) is 9.69 Å². The molecule has 0 aliphatic rings. The molecule has 6 nitrogen and oxygen atoms in total. The predicted octanol–water partition coefficient (Wildman–Crippen LogP) is 4.83. The molecule has 7 heteroatoms. The van der Waals surface area contributed by atoms with Crippen LogP contribution in [0, 0.1) is 13.8 Å². The van der Waals surface area contributed by atoms with Crippen molar-refractivity contribution in [3.8, 4) is 11.1 Å². The molecule has 0 fully saturated rings. The van der Waals surface area contributed by atoms with Gasteiger partial charge >= 0.3 is 0 Å². The topological polar surface area (TPSA) is 78.5 Å². The average Bonchev–Trinajstić information content (AvgIpc) is 3.26. The molecule has 0 spiro atoms. The van der Waals surface area contributed by atoms with E-state index in [1.165, 1.54) is 11.3 Å². The molecule has 4 rings (SSSR count). The van der Waals surface area contributed by atoms with Gasteiger partial charge in [-0.2, -0.15) is 0 Å². The highest BCUT2D eigenvalue weighted by atomic mass is 32.1. The monoisotopic (exact) mass is 489 g/mol. The quantitative estimate of drug-likeness (QED) is 0.233. The molecule has 2 aromatic heterocycles. The Labute approximate surface area is 209 Å². The number of hydrogen-bond donors (Lipinski definition) is 2. The molecule has 0 amide bonds. The lowest BCUT2D eigenvalue weighted by Gasteiger charge is -2.24. The first-order valence-corrected chi connectivity index (χ1v) is 12.5. The maximum Gasteiger partial charge on any atom is 0.260 e. The second-order valence-corrected chi connectivity index (χ2v) is 9.65. The molecule has 4 aromatic rings. The van der Waals surface area contributed by atoms with Gasteiger partial charge in [-0.1, -0.05) is 60.2 Å². The summed E-state index contributed by atoms with van der Waals surface area (Å²) < 4.78 is 5.42. The van der Waals surface area contributed by atoms with E-state index < -0.39 is 6.10 Å². The SMILES string of the molecule is C=CCOCC(O)CN(Cc1ccccc1)Cc1nc2scc(-c3cc(C)ccc3C)c2c(=O)[nH]1. The van der Waals surface area contributed by atoms with Crippen molar-refractivity contribution >= 4 is 21.6 Å². The number of thiophene rings is 1. The fourth-order valence-electron chi connectivity index (χ4n) is 4.17. The summed E-state index contributed by atoms with van der Waals surface area (Å²) in [5, 5.41) is 13.2. The fourth-order valence-corrected chi connectivity index (χ4v) is 5.13. The number of aromatic nitrogens is 2. The second-order valence-electron chi connectivity index (χ2n) is 8.80. The van der Waals surface area contributed by atoms with E-state index in [2.05, 4.69) is 48.5 Å². The Morgan fingerprint density at radius 2 is 1.97 bits per heavy atom. The molecule has 0 saturated carbocycles. The number of nitrogens with zero attached hydrogens (tertiary/aromatic N) is 2. The second kappa shape index (κ2) is 11.6. The van der Waals surface area contributed by atoms with Gasteiger partial charge in [0.05, 0.1) is 31.2 Å². The first-order chi connectivity index (χ1) is 16.9. The Balaban J connectivity index is 1.61. The van der Waals surface area contributed by atoms with Crippen molar-refractivity contribution in [3.63, 3.8) is 0 Å². The Bertz CT molecular complexity index is 1350. The molecule has 2 aromatic carbocycles. The maximum atomic E-state index is 13.2. The van der Waals surface area contributed by atoms with Crippen LogP contribution in [0.4, 0.5) is 0 Å². The van der Waals surface area contributed by atoms with E-state index in [4.69, 9.17) is 9.72 Å². The normalized spacial score (nSPS) is 12.3. The lowest BCUT2D eigenvalue weighted by Crippen LogP contribution is -2.35. The first kappa shape index (κ1) is 25.0. The number of aliphatic hydroxyl groups excluding tert-OH is 1. The number of aryl methyl sites for hydroxylation is 2. The van der Waals surface area contributed by atoms with Gasteiger partial charge in [0.15, 0.2) is 0 Å². The van der Waals surface area contributed by atoms with E-state index in [1.807, 2.05) is 35.7 Å². The van der Waals surface area contributed by atoms with E-state index >= 15 is 0 Å². The largest absolute Gasteiger partial charge is 0.389 e. The van der Waals surface area contributed by atoms with Gasteiger partial charge in [-0.25, -0.2) is 4.98 Å². The fraction of sp³-hybridized carbons (Fsp3) is 0.286. The van der Waals surface area contributed by atoms with Gasteiger partial charge in [0.1, 0.15) is 10.7 Å². The van der Waals surface area contributed by atoms with E-state index in [-0.39, 0.29) is 12.2 Å². The van der Waals surface area contributed by atoms with Crippen LogP contribution >= 0.6 is 11.3 Å². The van der Waals surface area contributed by atoms with Crippen molar-refractivity contribution in [3.05, 3.63) is 99.4 Å². The van der Waals surface area contributed by atoms with Crippen molar-refractivity contribution in [2.75, 3.05) is 19.8 Å². The highest BCUT2D eigenvalue weighted by Crippen LogP contribution is 2.33. The van der Waals surface area contributed by atoms with Crippen LogP contribution in [0.15, 0.2) is 71.4 Å². The number of H-pyrrole nitrogens is 1. The van der Waals surface area contributed by atoms with Gasteiger partial charge in [0.2, 0.25) is 0 Å². The number of rotatable bonds is 11. The number of nitrogens with one attached hydrogen (secondary N) is 1. The third kappa shape index (κ3) is 6.32. The summed E-state index contributed by atoms with van der Waals surface area (Å²) in [6.07, 6.45) is 0.984. The Hall–Kier alpha value is -3.10. The summed E-state index contributed by atoms with van der Waals surface area (Å²) in [5.41, 5.74) is 5.23. The highest BCUT2D eigenvalue weighted by Gasteiger charge is 2.18. The number of hydrogen-bond acceptors (Lipinski definition) is 6. The van der Waals surface area contributed by atoms with Crippen LogP contribution < -0.4 is 5.56 Å². The Kier molecular flexibility index (Phi) is 8.25. The van der Waals surface area contributed by atoms with Crippen LogP contribution in [0.25, 0.3) is 21.3 Å². The molecule has 0 aliphatic heterocycles. The van der Waals surface area contributed by atoms with Gasteiger partial charge in [-0.05, 0) is 30.5 Å². The van der Waals surface area contributed by atoms with Crippen LogP contribution in [0.1, 0.15) is 22.5 Å². The molecule has 1 atom stereocenters. The molecule has 2 N–H and O–H groups in total. The summed E-state index contributed by atoms with van der Waals surface area (Å²) >= 11 is 1.48. The minimum atomic E-state index is -0.674. The number of ether oxygens (including phenoxy) is 1. The Morgan fingerprint density at radius 3 is 2.74 bits per heavy atom. The predicted molar refractivity (Wildman–Crippen MR) is 143 cm³/mol. The van der Waals surface area contributed by atoms with Crippen molar-refractivity contribution in [2.24, 2.45) is 0 Å². The van der Waals surface area contributed by atoms with Gasteiger partial charge in [0, 0.05) is 24.0 Å². The lowest BCUT2D eigenvalue weighted by molar-refractivity contribution is 0.0223. The van der Waals surface area contributed by atoms with E-state index in [0.717, 1.165) is 27.8 Å². The van der Waals surface area contributed by atoms with Crippen LogP contribution in [0.3, 0.4) is 0 Å². The van der Waals surface area contributed by atoms with E-state index in [0.29, 0.717) is 42.3 Å². The first-order valence-electron chi connectivity index (χ1n) is 11.7. The molecule has 35 heavy (non-hydrogen) atoms. The van der Waals surface area contributed by atoms with Crippen LogP contribution in [-0.2, 0) is 17.8 Å². The molecular formula is C28H31N3O3S. The zero-order valence-electron chi connectivity index (χ0n) is 20.2. The number of aromatic amines is 1. The summed E-state index contributed by atoms with van der Waals surface area (Å²) in [7, 11) is 0. The zero-order valence-corrected chi connectivity index (χ0v) is 21.0. The molecule has 0 radical (unpaired) electrons. The van der Waals surface area contributed by atoms with Gasteiger partial charge in [0.25, 0.3) is 5.56 Å². The molecule has 2 heterocycles. The van der Waals surface area contributed by atoms with Crippen molar-refractivity contribution in [1.82, 2.24) is 14.9 Å². The van der Waals surface area contributed by atoms with Crippen LogP contribution in [0.5, 0.6) is 0 Å². The number of benzene rings is 2. The number of aliphatic hydroxyl groups is 1. The van der Waals surface area contributed by atoms with Crippen LogP contribution in [-0.4, -0.2) is 45.8 Å². The average molecular weight is 490 g/mol. The maximum absolute atomic E-state index is 13.2. The van der Waals surface area contributed by atoms with E-state index in [1.54, 1.807) is 6.08 Å². The molecule has 1 unspecified atom stereocenters. The smallest absolute Gasteiger partial charge is 0.260 e. The van der Waals surface area contributed by atoms with Gasteiger partial charge < -0.3 is 14.8 Å². The van der Waals surface area contributed by atoms with Gasteiger partial charge in [-0.15, -0.1) is 17.9 Å². The minimum Gasteiger partial charge on any atom is -0.389 e. The minimum absolute atomic E-state index is 0.142. The summed E-state index contributed by atoms with van der Waals surface area (Å²) in [6.45, 7) is 9.74. The summed E-state index contributed by atoms with van der Waals surface area (Å²) in [5.74, 6) is 0.576. The Morgan fingerprint density at radius 1 is 1.17 bits per heavy atom. The van der Waals surface area contributed by atoms with Crippen LogP contribution in [0.2, 0.25) is 0 Å². The highest BCUT2D eigenvalue weighted by molar-refractivity contribution is 7.17. The van der Waals surface area contributed by atoms with Crippen molar-refractivity contribution in [1.29, 1.82) is 0 Å². The van der Waals surface area contributed by atoms with Crippen molar-refractivity contribution in [2.45, 2.75) is 33.0 Å². The zero-order chi connectivity index (χ0) is 24.8. The molecule has 182 valence electrons. The molecule has 0 bridgehead atoms. The molecular weight excluding hydrogens is 458 g/mol. The lowest BCUT2D eigenvalue weighted by atomic mass is 9.99. The third-order valence-electron chi connectivity index (χ3n) is 5.81. The van der Waals surface area contributed by atoms with E-state index in [9.17, 15) is 9.90 Å².